The molecule has 1 aromatic carbocycles. The van der Waals surface area contributed by atoms with Gasteiger partial charge < -0.3 is 5.73 Å². The Balaban J connectivity index is 2.06. The SMILES string of the molecule is Cc1ccc(CC(N)C(C)(C)N2CCCC2)cc1C. The highest BCUT2D eigenvalue weighted by Gasteiger charge is 2.34. The molecule has 1 atom stereocenters. The molecule has 1 saturated heterocycles. The lowest BCUT2D eigenvalue weighted by Gasteiger charge is -2.40. The summed E-state index contributed by atoms with van der Waals surface area (Å²) in [6.07, 6.45) is 3.60. The van der Waals surface area contributed by atoms with Gasteiger partial charge in [0.2, 0.25) is 0 Å². The minimum Gasteiger partial charge on any atom is -0.326 e. The molecule has 0 amide bonds. The summed E-state index contributed by atoms with van der Waals surface area (Å²) in [5.74, 6) is 0. The molecular formula is C17H28N2. The van der Waals surface area contributed by atoms with E-state index in [1.165, 1.54) is 42.6 Å². The molecular weight excluding hydrogens is 232 g/mol. The lowest BCUT2D eigenvalue weighted by atomic mass is 9.88. The molecule has 106 valence electrons. The monoisotopic (exact) mass is 260 g/mol. The summed E-state index contributed by atoms with van der Waals surface area (Å²) < 4.78 is 0. The van der Waals surface area contributed by atoms with Gasteiger partial charge in [0.1, 0.15) is 0 Å². The first kappa shape index (κ1) is 14.5. The van der Waals surface area contributed by atoms with Crippen LogP contribution in [-0.2, 0) is 6.42 Å². The zero-order chi connectivity index (χ0) is 14.0. The van der Waals surface area contributed by atoms with Gasteiger partial charge in [0.05, 0.1) is 0 Å². The molecule has 1 heterocycles. The number of hydrogen-bond donors (Lipinski definition) is 1. The molecule has 0 bridgehead atoms. The molecule has 0 aromatic heterocycles. The Morgan fingerprint density at radius 2 is 1.79 bits per heavy atom. The van der Waals surface area contributed by atoms with Crippen LogP contribution in [0.3, 0.4) is 0 Å². The van der Waals surface area contributed by atoms with Crippen LogP contribution in [0.2, 0.25) is 0 Å². The van der Waals surface area contributed by atoms with Crippen LogP contribution in [0, 0.1) is 13.8 Å². The van der Waals surface area contributed by atoms with E-state index in [2.05, 4.69) is 50.8 Å². The van der Waals surface area contributed by atoms with Gasteiger partial charge in [0.25, 0.3) is 0 Å². The van der Waals surface area contributed by atoms with Crippen molar-refractivity contribution in [3.8, 4) is 0 Å². The first-order valence-corrected chi connectivity index (χ1v) is 7.48. The van der Waals surface area contributed by atoms with Crippen molar-refractivity contribution in [3.63, 3.8) is 0 Å². The van der Waals surface area contributed by atoms with Crippen molar-refractivity contribution in [1.82, 2.24) is 4.90 Å². The standard InChI is InChI=1S/C17H28N2/c1-13-7-8-15(11-14(13)2)12-16(18)17(3,4)19-9-5-6-10-19/h7-8,11,16H,5-6,9-10,12,18H2,1-4H3. The van der Waals surface area contributed by atoms with E-state index >= 15 is 0 Å². The van der Waals surface area contributed by atoms with Crippen LogP contribution in [0.1, 0.15) is 43.4 Å². The zero-order valence-corrected chi connectivity index (χ0v) is 12.9. The maximum atomic E-state index is 6.51. The molecule has 0 spiro atoms. The van der Waals surface area contributed by atoms with E-state index in [9.17, 15) is 0 Å². The van der Waals surface area contributed by atoms with Crippen molar-refractivity contribution in [2.24, 2.45) is 5.73 Å². The molecule has 2 rings (SSSR count). The summed E-state index contributed by atoms with van der Waals surface area (Å²) in [6, 6.07) is 6.91. The molecule has 1 unspecified atom stereocenters. The highest BCUT2D eigenvalue weighted by atomic mass is 15.2. The predicted molar refractivity (Wildman–Crippen MR) is 82.5 cm³/mol. The van der Waals surface area contributed by atoms with Crippen molar-refractivity contribution in [1.29, 1.82) is 0 Å². The highest BCUT2D eigenvalue weighted by molar-refractivity contribution is 5.30. The van der Waals surface area contributed by atoms with Crippen molar-refractivity contribution < 1.29 is 0 Å². The second-order valence-corrected chi connectivity index (χ2v) is 6.58. The largest absolute Gasteiger partial charge is 0.326 e. The van der Waals surface area contributed by atoms with Crippen LogP contribution in [-0.4, -0.2) is 29.6 Å². The van der Waals surface area contributed by atoms with E-state index in [0.717, 1.165) is 6.42 Å². The summed E-state index contributed by atoms with van der Waals surface area (Å²) in [6.45, 7) is 11.3. The van der Waals surface area contributed by atoms with Crippen LogP contribution in [0.25, 0.3) is 0 Å². The Kier molecular flexibility index (Phi) is 4.32. The molecule has 0 aliphatic carbocycles. The fourth-order valence-corrected chi connectivity index (χ4v) is 2.96. The normalized spacial score (nSPS) is 18.8. The van der Waals surface area contributed by atoms with Gasteiger partial charge in [0.15, 0.2) is 0 Å². The maximum absolute atomic E-state index is 6.51. The average Bonchev–Trinajstić information content (AvgIpc) is 2.88. The number of nitrogens with zero attached hydrogens (tertiary/aromatic N) is 1. The minimum atomic E-state index is 0.0926. The number of benzene rings is 1. The van der Waals surface area contributed by atoms with E-state index in [0.29, 0.717) is 0 Å². The summed E-state index contributed by atoms with van der Waals surface area (Å²) in [7, 11) is 0. The van der Waals surface area contributed by atoms with Crippen LogP contribution in [0.15, 0.2) is 18.2 Å². The fourth-order valence-electron chi connectivity index (χ4n) is 2.96. The molecule has 19 heavy (non-hydrogen) atoms. The zero-order valence-electron chi connectivity index (χ0n) is 12.9. The molecule has 1 aliphatic rings. The van der Waals surface area contributed by atoms with E-state index < -0.39 is 0 Å². The Bertz CT molecular complexity index is 431. The van der Waals surface area contributed by atoms with Crippen LogP contribution in [0.4, 0.5) is 0 Å². The van der Waals surface area contributed by atoms with Crippen molar-refractivity contribution in [2.45, 2.75) is 58.5 Å². The van der Waals surface area contributed by atoms with Gasteiger partial charge in [-0.2, -0.15) is 0 Å². The third-order valence-electron chi connectivity index (χ3n) is 4.86. The quantitative estimate of drug-likeness (QED) is 0.901. The van der Waals surface area contributed by atoms with Crippen LogP contribution >= 0.6 is 0 Å². The topological polar surface area (TPSA) is 29.3 Å². The lowest BCUT2D eigenvalue weighted by Crippen LogP contribution is -2.55. The molecule has 2 nitrogen and oxygen atoms in total. The van der Waals surface area contributed by atoms with Gasteiger partial charge in [0, 0.05) is 11.6 Å². The molecule has 1 aliphatic heterocycles. The first-order valence-electron chi connectivity index (χ1n) is 7.48. The molecule has 2 N–H and O–H groups in total. The number of hydrogen-bond acceptors (Lipinski definition) is 2. The summed E-state index contributed by atoms with van der Waals surface area (Å²) in [5, 5.41) is 0. The summed E-state index contributed by atoms with van der Waals surface area (Å²) >= 11 is 0. The van der Waals surface area contributed by atoms with Gasteiger partial charge in [-0.25, -0.2) is 0 Å². The number of aryl methyl sites for hydroxylation is 2. The lowest BCUT2D eigenvalue weighted by molar-refractivity contribution is 0.123. The molecule has 0 radical (unpaired) electrons. The second-order valence-electron chi connectivity index (χ2n) is 6.58. The molecule has 2 heteroatoms. The summed E-state index contributed by atoms with van der Waals surface area (Å²) in [5.41, 5.74) is 10.7. The van der Waals surface area contributed by atoms with E-state index in [-0.39, 0.29) is 11.6 Å². The van der Waals surface area contributed by atoms with E-state index in [1.54, 1.807) is 0 Å². The minimum absolute atomic E-state index is 0.0926. The van der Waals surface area contributed by atoms with Gasteiger partial charge in [-0.1, -0.05) is 18.2 Å². The first-order chi connectivity index (χ1) is 8.91. The third-order valence-corrected chi connectivity index (χ3v) is 4.86. The number of likely N-dealkylation sites (tertiary alicyclic amines) is 1. The fraction of sp³-hybridized carbons (Fsp3) is 0.647. The second kappa shape index (κ2) is 5.64. The average molecular weight is 260 g/mol. The maximum Gasteiger partial charge on any atom is 0.0307 e. The Labute approximate surface area is 118 Å². The van der Waals surface area contributed by atoms with Gasteiger partial charge in [-0.05, 0) is 76.7 Å². The number of rotatable bonds is 4. The Morgan fingerprint density at radius 1 is 1.16 bits per heavy atom. The van der Waals surface area contributed by atoms with Crippen molar-refractivity contribution >= 4 is 0 Å². The van der Waals surface area contributed by atoms with Gasteiger partial charge in [-0.15, -0.1) is 0 Å². The van der Waals surface area contributed by atoms with Crippen LogP contribution < -0.4 is 5.73 Å². The predicted octanol–water partition coefficient (Wildman–Crippen LogP) is 3.05. The number of nitrogens with two attached hydrogens (primary N) is 1. The van der Waals surface area contributed by atoms with E-state index in [1.807, 2.05) is 0 Å². The molecule has 1 aromatic rings. The van der Waals surface area contributed by atoms with Gasteiger partial charge >= 0.3 is 0 Å². The Hall–Kier alpha value is -0.860. The van der Waals surface area contributed by atoms with Crippen LogP contribution in [0.5, 0.6) is 0 Å². The molecule has 0 saturated carbocycles. The van der Waals surface area contributed by atoms with Gasteiger partial charge in [-0.3, -0.25) is 4.90 Å². The van der Waals surface area contributed by atoms with E-state index in [4.69, 9.17) is 5.73 Å². The third kappa shape index (κ3) is 3.18. The summed E-state index contributed by atoms with van der Waals surface area (Å²) in [4.78, 5) is 2.55. The molecule has 1 fully saturated rings. The smallest absolute Gasteiger partial charge is 0.0307 e. The highest BCUT2D eigenvalue weighted by Crippen LogP contribution is 2.25. The Morgan fingerprint density at radius 3 is 2.37 bits per heavy atom. The van der Waals surface area contributed by atoms with Crippen molar-refractivity contribution in [2.75, 3.05) is 13.1 Å². The van der Waals surface area contributed by atoms with Crippen molar-refractivity contribution in [3.05, 3.63) is 34.9 Å².